The van der Waals surface area contributed by atoms with Crippen molar-refractivity contribution in [1.29, 1.82) is 0 Å². The van der Waals surface area contributed by atoms with Crippen LogP contribution in [0.25, 0.3) is 0 Å². The molecule has 0 unspecified atom stereocenters. The average Bonchev–Trinajstić information content (AvgIpc) is 3.09. The molecule has 8 nitrogen and oxygen atoms in total. The van der Waals surface area contributed by atoms with Gasteiger partial charge in [-0.25, -0.2) is 0 Å². The van der Waals surface area contributed by atoms with Crippen molar-refractivity contribution >= 4 is 0 Å². The van der Waals surface area contributed by atoms with E-state index < -0.39 is 37.3 Å². The van der Waals surface area contributed by atoms with Crippen LogP contribution in [0.15, 0.2) is 12.1 Å². The third kappa shape index (κ3) is 3.35. The second-order valence-electron chi connectivity index (χ2n) is 10.4. The van der Waals surface area contributed by atoms with Gasteiger partial charge in [-0.15, -0.1) is 0 Å². The van der Waals surface area contributed by atoms with Crippen molar-refractivity contribution in [2.45, 2.75) is 88.2 Å². The zero-order valence-corrected chi connectivity index (χ0v) is 18.3. The molecule has 3 fully saturated rings. The highest BCUT2D eigenvalue weighted by Crippen LogP contribution is 2.61. The summed E-state index contributed by atoms with van der Waals surface area (Å²) in [5.41, 5.74) is 2.19. The standard InChI is InChI=1S/C24H34O8/c1-24-7-6-12-13(15(24)4-5-19(24)27)3-2-11-8-16(26)17(9-14(11)12)31-23-22(30)21(29)20(28)18(10-25)32-23/h8-9,12-13,15,18-23,25-30H,2-7,10H2,1H3/t12-,13+,15-,18+,19-,20+,21-,22+,23+,24-/m0/s1. The zero-order valence-electron chi connectivity index (χ0n) is 18.3. The molecule has 1 saturated heterocycles. The van der Waals surface area contributed by atoms with Gasteiger partial charge in [0.1, 0.15) is 24.4 Å². The maximum Gasteiger partial charge on any atom is 0.229 e. The van der Waals surface area contributed by atoms with Crippen LogP contribution < -0.4 is 4.74 Å². The van der Waals surface area contributed by atoms with Crippen molar-refractivity contribution < 1.29 is 40.1 Å². The van der Waals surface area contributed by atoms with Gasteiger partial charge < -0.3 is 40.1 Å². The maximum absolute atomic E-state index is 10.6. The number of hydrogen-bond acceptors (Lipinski definition) is 8. The van der Waals surface area contributed by atoms with Gasteiger partial charge in [-0.1, -0.05) is 6.92 Å². The summed E-state index contributed by atoms with van der Waals surface area (Å²) in [5.74, 6) is 1.35. The van der Waals surface area contributed by atoms with Gasteiger partial charge in [0.15, 0.2) is 11.5 Å². The highest BCUT2D eigenvalue weighted by Gasteiger charge is 2.54. The molecule has 32 heavy (non-hydrogen) atoms. The Hall–Kier alpha value is -1.42. The Morgan fingerprint density at radius 3 is 2.56 bits per heavy atom. The van der Waals surface area contributed by atoms with Crippen LogP contribution in [0.2, 0.25) is 0 Å². The Bertz CT molecular complexity index is 859. The van der Waals surface area contributed by atoms with Gasteiger partial charge in [0.2, 0.25) is 6.29 Å². The number of aryl methyl sites for hydroxylation is 1. The molecule has 8 heteroatoms. The molecule has 1 aromatic rings. The summed E-state index contributed by atoms with van der Waals surface area (Å²) in [6.07, 6.45) is -1.48. The lowest BCUT2D eigenvalue weighted by Gasteiger charge is -2.50. The predicted octanol–water partition coefficient (Wildman–Crippen LogP) is 0.788. The van der Waals surface area contributed by atoms with E-state index in [1.807, 2.05) is 6.07 Å². The molecule has 3 aliphatic carbocycles. The van der Waals surface area contributed by atoms with E-state index >= 15 is 0 Å². The van der Waals surface area contributed by atoms with E-state index in [9.17, 15) is 30.6 Å². The molecule has 6 N–H and O–H groups in total. The average molecular weight is 451 g/mol. The van der Waals surface area contributed by atoms with Gasteiger partial charge in [0.05, 0.1) is 12.7 Å². The summed E-state index contributed by atoms with van der Waals surface area (Å²) in [7, 11) is 0. The minimum atomic E-state index is -1.54. The fourth-order valence-electron chi connectivity index (χ4n) is 6.94. The topological polar surface area (TPSA) is 140 Å². The first-order chi connectivity index (χ1) is 15.2. The largest absolute Gasteiger partial charge is 0.504 e. The molecule has 1 aromatic carbocycles. The predicted molar refractivity (Wildman–Crippen MR) is 113 cm³/mol. The third-order valence-electron chi connectivity index (χ3n) is 8.85. The molecular formula is C24H34O8. The summed E-state index contributed by atoms with van der Waals surface area (Å²) in [5, 5.41) is 60.9. The molecule has 0 amide bonds. The summed E-state index contributed by atoms with van der Waals surface area (Å²) >= 11 is 0. The monoisotopic (exact) mass is 450 g/mol. The number of hydrogen-bond donors (Lipinski definition) is 6. The van der Waals surface area contributed by atoms with Gasteiger partial charge in [-0.2, -0.15) is 0 Å². The fraction of sp³-hybridized carbons (Fsp3) is 0.750. The van der Waals surface area contributed by atoms with Gasteiger partial charge in [0, 0.05) is 0 Å². The van der Waals surface area contributed by atoms with Gasteiger partial charge in [0.25, 0.3) is 0 Å². The molecule has 4 aliphatic rings. The molecule has 178 valence electrons. The van der Waals surface area contributed by atoms with Crippen LogP contribution in [-0.2, 0) is 11.2 Å². The second-order valence-corrected chi connectivity index (χ2v) is 10.4. The minimum Gasteiger partial charge on any atom is -0.504 e. The van der Waals surface area contributed by atoms with Crippen LogP contribution in [0.3, 0.4) is 0 Å². The SMILES string of the molecule is C[C@]12CC[C@@H]3c4cc(O[C@@H]5O[C@H](CO)[C@@H](O)[C@H](O)[C@H]5O)c(O)cc4CC[C@H]3[C@@H]1CC[C@@H]2O. The van der Waals surface area contributed by atoms with Gasteiger partial charge >= 0.3 is 0 Å². The van der Waals surface area contributed by atoms with E-state index in [0.717, 1.165) is 49.7 Å². The Morgan fingerprint density at radius 2 is 1.81 bits per heavy atom. The fourth-order valence-corrected chi connectivity index (χ4v) is 6.94. The van der Waals surface area contributed by atoms with E-state index in [1.165, 1.54) is 0 Å². The normalized spacial score (nSPS) is 45.6. The van der Waals surface area contributed by atoms with E-state index in [4.69, 9.17) is 9.47 Å². The quantitative estimate of drug-likeness (QED) is 0.397. The molecular weight excluding hydrogens is 416 g/mol. The molecule has 0 bridgehead atoms. The first-order valence-corrected chi connectivity index (χ1v) is 11.8. The first-order valence-electron chi connectivity index (χ1n) is 11.8. The number of rotatable bonds is 3. The number of phenolic OH excluding ortho intramolecular Hbond substituents is 1. The molecule has 0 radical (unpaired) electrons. The maximum atomic E-state index is 10.6. The molecule has 0 spiro atoms. The second kappa shape index (κ2) is 8.11. The van der Waals surface area contributed by atoms with E-state index in [-0.39, 0.29) is 23.0 Å². The molecule has 5 rings (SSSR count). The van der Waals surface area contributed by atoms with Crippen LogP contribution >= 0.6 is 0 Å². The van der Waals surface area contributed by atoms with E-state index in [2.05, 4.69) is 6.92 Å². The number of aliphatic hydroxyl groups excluding tert-OH is 5. The number of aromatic hydroxyl groups is 1. The lowest BCUT2D eigenvalue weighted by Crippen LogP contribution is -2.60. The van der Waals surface area contributed by atoms with Crippen LogP contribution in [-0.4, -0.2) is 74.1 Å². The highest BCUT2D eigenvalue weighted by molar-refractivity contribution is 5.49. The summed E-state index contributed by atoms with van der Waals surface area (Å²) in [6, 6.07) is 3.53. The summed E-state index contributed by atoms with van der Waals surface area (Å²) in [4.78, 5) is 0. The van der Waals surface area contributed by atoms with Gasteiger partial charge in [-0.3, -0.25) is 0 Å². The number of fused-ring (bicyclic) bond motifs is 5. The number of aliphatic hydroxyl groups is 5. The van der Waals surface area contributed by atoms with Crippen molar-refractivity contribution in [3.8, 4) is 11.5 Å². The minimum absolute atomic E-state index is 0.0226. The lowest BCUT2D eigenvalue weighted by atomic mass is 9.55. The number of ether oxygens (including phenoxy) is 2. The molecule has 1 aliphatic heterocycles. The van der Waals surface area contributed by atoms with E-state index in [0.29, 0.717) is 17.8 Å². The molecule has 10 atom stereocenters. The van der Waals surface area contributed by atoms with Crippen molar-refractivity contribution in [3.05, 3.63) is 23.3 Å². The van der Waals surface area contributed by atoms with Crippen LogP contribution in [0, 0.1) is 17.3 Å². The van der Waals surface area contributed by atoms with Crippen LogP contribution in [0.5, 0.6) is 11.5 Å². The molecule has 2 saturated carbocycles. The van der Waals surface area contributed by atoms with Crippen molar-refractivity contribution in [1.82, 2.24) is 0 Å². The smallest absolute Gasteiger partial charge is 0.229 e. The first kappa shape index (κ1) is 22.4. The third-order valence-corrected chi connectivity index (χ3v) is 8.85. The van der Waals surface area contributed by atoms with Crippen molar-refractivity contribution in [2.24, 2.45) is 17.3 Å². The molecule has 1 heterocycles. The highest BCUT2D eigenvalue weighted by atomic mass is 16.7. The summed E-state index contributed by atoms with van der Waals surface area (Å²) in [6.45, 7) is 1.68. The van der Waals surface area contributed by atoms with Crippen LogP contribution in [0.1, 0.15) is 56.1 Å². The zero-order chi connectivity index (χ0) is 22.8. The lowest BCUT2D eigenvalue weighted by molar-refractivity contribution is -0.277. The van der Waals surface area contributed by atoms with E-state index in [1.54, 1.807) is 6.07 Å². The Balaban J connectivity index is 1.41. The Kier molecular flexibility index (Phi) is 5.67. The molecule has 0 aromatic heterocycles. The van der Waals surface area contributed by atoms with Crippen LogP contribution in [0.4, 0.5) is 0 Å². The Morgan fingerprint density at radius 1 is 1.03 bits per heavy atom. The van der Waals surface area contributed by atoms with Crippen molar-refractivity contribution in [3.63, 3.8) is 0 Å². The number of phenols is 1. The van der Waals surface area contributed by atoms with Gasteiger partial charge in [-0.05, 0) is 85.0 Å². The Labute approximate surface area is 187 Å². The summed E-state index contributed by atoms with van der Waals surface area (Å²) < 4.78 is 11.2. The van der Waals surface area contributed by atoms with Crippen molar-refractivity contribution in [2.75, 3.05) is 6.61 Å². The number of benzene rings is 1.